The lowest BCUT2D eigenvalue weighted by Crippen LogP contribution is -2.44. The number of nitrogens with one attached hydrogen (secondary N) is 1. The van der Waals surface area contributed by atoms with Gasteiger partial charge in [0.05, 0.1) is 13.2 Å². The Balaban J connectivity index is 2.06. The monoisotopic (exact) mass is 368 g/mol. The number of ether oxygens (including phenoxy) is 2. The summed E-state index contributed by atoms with van der Waals surface area (Å²) in [5.41, 5.74) is 0.185. The fourth-order valence-corrected chi connectivity index (χ4v) is 2.59. The van der Waals surface area contributed by atoms with Crippen LogP contribution in [0.1, 0.15) is 26.3 Å². The van der Waals surface area contributed by atoms with E-state index >= 15 is 0 Å². The topological polar surface area (TPSA) is 88.1 Å². The lowest BCUT2D eigenvalue weighted by molar-refractivity contribution is -0.139. The number of rotatable bonds is 5. The molecule has 0 aliphatic carbocycles. The molecule has 8 heteroatoms. The van der Waals surface area contributed by atoms with Crippen molar-refractivity contribution in [2.45, 2.75) is 38.8 Å². The molecule has 26 heavy (non-hydrogen) atoms. The average Bonchev–Trinajstić information content (AvgIpc) is 2.54. The number of amides is 1. The third-order valence-corrected chi connectivity index (χ3v) is 3.83. The molecule has 1 aromatic carbocycles. The third-order valence-electron chi connectivity index (χ3n) is 3.83. The molecule has 0 aromatic heterocycles. The van der Waals surface area contributed by atoms with Gasteiger partial charge < -0.3 is 24.8 Å². The highest BCUT2D eigenvalue weighted by molar-refractivity contribution is 5.80. The number of hydrogen-bond donors (Lipinski definition) is 2. The Labute approximate surface area is 152 Å². The van der Waals surface area contributed by atoms with Crippen molar-refractivity contribution in [1.29, 1.82) is 0 Å². The number of hydrogen-bond acceptors (Lipinski definition) is 5. The molecule has 0 bridgehead atoms. The maximum absolute atomic E-state index is 14.4. The summed E-state index contributed by atoms with van der Waals surface area (Å²) in [5.74, 6) is -1.77. The Hall–Kier alpha value is -2.35. The lowest BCUT2D eigenvalue weighted by Gasteiger charge is -2.29. The zero-order valence-electron chi connectivity index (χ0n) is 15.3. The van der Waals surface area contributed by atoms with E-state index in [4.69, 9.17) is 9.47 Å². The van der Waals surface area contributed by atoms with Crippen molar-refractivity contribution in [3.05, 3.63) is 29.6 Å². The molecule has 1 amide bonds. The number of anilines is 1. The number of benzene rings is 1. The highest BCUT2D eigenvalue weighted by Crippen LogP contribution is 2.21. The van der Waals surface area contributed by atoms with Crippen molar-refractivity contribution in [2.75, 3.05) is 31.2 Å². The molecule has 0 radical (unpaired) electrons. The lowest BCUT2D eigenvalue weighted by atomic mass is 10.0. The van der Waals surface area contributed by atoms with Gasteiger partial charge in [0.15, 0.2) is 0 Å². The first-order chi connectivity index (χ1) is 12.2. The van der Waals surface area contributed by atoms with Crippen molar-refractivity contribution in [3.8, 4) is 0 Å². The second-order valence-electron chi connectivity index (χ2n) is 7.12. The highest BCUT2D eigenvalue weighted by Gasteiger charge is 2.25. The predicted octanol–water partition coefficient (Wildman–Crippen LogP) is 2.18. The Morgan fingerprint density at radius 3 is 2.54 bits per heavy atom. The van der Waals surface area contributed by atoms with Gasteiger partial charge in [-0.1, -0.05) is 6.07 Å². The second kappa shape index (κ2) is 8.35. The van der Waals surface area contributed by atoms with Gasteiger partial charge in [-0.05, 0) is 38.5 Å². The molecule has 2 N–H and O–H groups in total. The standard InChI is InChI=1S/C18H25FN2O5/c1-18(2,3)26-17(24)20-15(16(22)23)10-12-4-5-13(11-14(12)19)21-6-8-25-9-7-21/h4-5,11,15H,6-10H2,1-3H3,(H,20,24)(H,22,23). The van der Waals surface area contributed by atoms with Crippen molar-refractivity contribution < 1.29 is 28.6 Å². The molecule has 1 atom stereocenters. The van der Waals surface area contributed by atoms with E-state index in [0.717, 1.165) is 5.69 Å². The summed E-state index contributed by atoms with van der Waals surface area (Å²) >= 11 is 0. The van der Waals surface area contributed by atoms with Crippen LogP contribution in [0.2, 0.25) is 0 Å². The summed E-state index contributed by atoms with van der Waals surface area (Å²) in [6.07, 6.45) is -1.03. The van der Waals surface area contributed by atoms with E-state index in [2.05, 4.69) is 5.32 Å². The molecule has 1 heterocycles. The first kappa shape index (κ1) is 20.0. The molecule has 1 aromatic rings. The van der Waals surface area contributed by atoms with Crippen LogP contribution in [0.3, 0.4) is 0 Å². The summed E-state index contributed by atoms with van der Waals surface area (Å²) in [7, 11) is 0. The SMILES string of the molecule is CC(C)(C)OC(=O)NC(Cc1ccc(N2CCOCC2)cc1F)C(=O)O. The van der Waals surface area contributed by atoms with Gasteiger partial charge in [0.1, 0.15) is 17.5 Å². The Kier molecular flexibility index (Phi) is 6.42. The second-order valence-corrected chi connectivity index (χ2v) is 7.12. The van der Waals surface area contributed by atoms with Crippen LogP contribution in [0.25, 0.3) is 0 Å². The first-order valence-corrected chi connectivity index (χ1v) is 8.49. The number of carbonyl (C=O) groups is 2. The summed E-state index contributed by atoms with van der Waals surface area (Å²) in [5, 5.41) is 11.6. The molecule has 1 fully saturated rings. The number of halogens is 1. The van der Waals surface area contributed by atoms with Crippen LogP contribution in [-0.4, -0.2) is 55.1 Å². The zero-order valence-corrected chi connectivity index (χ0v) is 15.3. The van der Waals surface area contributed by atoms with Gasteiger partial charge in [-0.25, -0.2) is 14.0 Å². The van der Waals surface area contributed by atoms with Crippen LogP contribution in [0.5, 0.6) is 0 Å². The minimum atomic E-state index is -1.28. The van der Waals surface area contributed by atoms with Gasteiger partial charge in [-0.15, -0.1) is 0 Å². The van der Waals surface area contributed by atoms with Gasteiger partial charge in [0, 0.05) is 25.2 Å². The minimum Gasteiger partial charge on any atom is -0.480 e. The van der Waals surface area contributed by atoms with Crippen molar-refractivity contribution in [3.63, 3.8) is 0 Å². The van der Waals surface area contributed by atoms with E-state index in [0.29, 0.717) is 26.3 Å². The summed E-state index contributed by atoms with van der Waals surface area (Å²) in [6.45, 7) is 7.55. The van der Waals surface area contributed by atoms with Crippen LogP contribution in [0.4, 0.5) is 14.9 Å². The fraction of sp³-hybridized carbons (Fsp3) is 0.556. The molecule has 0 spiro atoms. The number of alkyl carbamates (subject to hydrolysis) is 1. The van der Waals surface area contributed by atoms with E-state index < -0.39 is 29.5 Å². The maximum atomic E-state index is 14.4. The van der Waals surface area contributed by atoms with E-state index in [1.807, 2.05) is 4.90 Å². The number of carboxylic acid groups (broad SMARTS) is 1. The van der Waals surface area contributed by atoms with Crippen LogP contribution < -0.4 is 10.2 Å². The Morgan fingerprint density at radius 2 is 2.00 bits per heavy atom. The molecule has 1 saturated heterocycles. The van der Waals surface area contributed by atoms with E-state index in [9.17, 15) is 19.1 Å². The molecular weight excluding hydrogens is 343 g/mol. The zero-order chi connectivity index (χ0) is 19.3. The van der Waals surface area contributed by atoms with Crippen LogP contribution >= 0.6 is 0 Å². The minimum absolute atomic E-state index is 0.177. The predicted molar refractivity (Wildman–Crippen MR) is 93.9 cm³/mol. The van der Waals surface area contributed by atoms with Crippen LogP contribution in [-0.2, 0) is 20.7 Å². The van der Waals surface area contributed by atoms with Gasteiger partial charge in [0.2, 0.25) is 0 Å². The number of carboxylic acids is 1. The number of nitrogens with zero attached hydrogens (tertiary/aromatic N) is 1. The van der Waals surface area contributed by atoms with Gasteiger partial charge >= 0.3 is 12.1 Å². The maximum Gasteiger partial charge on any atom is 0.408 e. The third kappa shape index (κ3) is 5.87. The van der Waals surface area contributed by atoms with Gasteiger partial charge in [-0.3, -0.25) is 0 Å². The molecule has 1 unspecified atom stereocenters. The van der Waals surface area contributed by atoms with E-state index in [1.165, 1.54) is 6.07 Å². The molecule has 1 aliphatic rings. The smallest absolute Gasteiger partial charge is 0.408 e. The summed E-state index contributed by atoms with van der Waals surface area (Å²) in [6, 6.07) is 3.39. The summed E-state index contributed by atoms with van der Waals surface area (Å²) < 4.78 is 24.8. The van der Waals surface area contributed by atoms with Crippen molar-refractivity contribution in [2.24, 2.45) is 0 Å². The number of morpholine rings is 1. The van der Waals surface area contributed by atoms with E-state index in [-0.39, 0.29) is 12.0 Å². The van der Waals surface area contributed by atoms with Crippen molar-refractivity contribution >= 4 is 17.7 Å². The molecule has 2 rings (SSSR count). The summed E-state index contributed by atoms with van der Waals surface area (Å²) in [4.78, 5) is 25.2. The van der Waals surface area contributed by atoms with Gasteiger partial charge in [-0.2, -0.15) is 0 Å². The van der Waals surface area contributed by atoms with Crippen LogP contribution in [0.15, 0.2) is 18.2 Å². The largest absolute Gasteiger partial charge is 0.480 e. The van der Waals surface area contributed by atoms with E-state index in [1.54, 1.807) is 32.9 Å². The number of carbonyl (C=O) groups excluding carboxylic acids is 1. The van der Waals surface area contributed by atoms with Gasteiger partial charge in [0.25, 0.3) is 0 Å². The average molecular weight is 368 g/mol. The molecule has 7 nitrogen and oxygen atoms in total. The Bertz CT molecular complexity index is 653. The highest BCUT2D eigenvalue weighted by atomic mass is 19.1. The quantitative estimate of drug-likeness (QED) is 0.828. The van der Waals surface area contributed by atoms with Crippen molar-refractivity contribution in [1.82, 2.24) is 5.32 Å². The first-order valence-electron chi connectivity index (χ1n) is 8.49. The van der Waals surface area contributed by atoms with Crippen LogP contribution in [0, 0.1) is 5.82 Å². The normalized spacial score (nSPS) is 16.1. The molecular formula is C18H25FN2O5. The Morgan fingerprint density at radius 1 is 1.35 bits per heavy atom. The fourth-order valence-electron chi connectivity index (χ4n) is 2.59. The molecule has 1 aliphatic heterocycles. The molecule has 144 valence electrons. The molecule has 0 saturated carbocycles. The number of aliphatic carboxylic acids is 1.